The fourth-order valence-corrected chi connectivity index (χ4v) is 2.25. The number of hydrogen-bond acceptors (Lipinski definition) is 4. The Morgan fingerprint density at radius 1 is 1.00 bits per heavy atom. The van der Waals surface area contributed by atoms with Crippen molar-refractivity contribution in [2.45, 2.75) is 6.54 Å². The van der Waals surface area contributed by atoms with Gasteiger partial charge in [0.1, 0.15) is 5.82 Å². The van der Waals surface area contributed by atoms with E-state index in [0.29, 0.717) is 23.1 Å². The molecule has 0 saturated carbocycles. The molecule has 2 amide bonds. The smallest absolute Gasteiger partial charge is 0.315 e. The zero-order valence-corrected chi connectivity index (χ0v) is 13.4. The van der Waals surface area contributed by atoms with Crippen LogP contribution in [0, 0.1) is 5.21 Å². The van der Waals surface area contributed by atoms with Crippen LogP contribution < -0.4 is 15.7 Å². The van der Waals surface area contributed by atoms with Crippen molar-refractivity contribution in [3.8, 4) is 0 Å². The molecule has 0 aliphatic carbocycles. The zero-order chi connectivity index (χ0) is 17.5. The second-order valence-electron chi connectivity index (χ2n) is 5.33. The van der Waals surface area contributed by atoms with Crippen molar-refractivity contribution in [2.75, 3.05) is 15.7 Å². The first-order valence-corrected chi connectivity index (χ1v) is 7.79. The number of rotatable bonds is 5. The van der Waals surface area contributed by atoms with Crippen LogP contribution in [0.4, 0.5) is 22.0 Å². The molecule has 0 spiro atoms. The predicted octanol–water partition coefficient (Wildman–Crippen LogP) is 4.23. The lowest BCUT2D eigenvalue weighted by Crippen LogP contribution is -2.29. The monoisotopic (exact) mass is 333 g/mol. The van der Waals surface area contributed by atoms with Crippen LogP contribution in [-0.4, -0.2) is 11.0 Å². The van der Waals surface area contributed by atoms with Gasteiger partial charge in [-0.2, -0.15) is 0 Å². The third-order valence-electron chi connectivity index (χ3n) is 3.50. The van der Waals surface area contributed by atoms with Crippen molar-refractivity contribution >= 4 is 23.2 Å². The molecular weight excluding hydrogens is 316 g/mol. The van der Waals surface area contributed by atoms with Crippen LogP contribution in [0.15, 0.2) is 79.0 Å². The number of nitrogens with zero attached hydrogens (tertiary/aromatic N) is 2. The van der Waals surface area contributed by atoms with Gasteiger partial charge in [-0.25, -0.2) is 9.78 Å². The molecule has 0 atom stereocenters. The van der Waals surface area contributed by atoms with E-state index in [9.17, 15) is 10.0 Å². The molecule has 1 heterocycles. The molecule has 126 valence electrons. The molecule has 25 heavy (non-hydrogen) atoms. The van der Waals surface area contributed by atoms with E-state index < -0.39 is 6.03 Å². The van der Waals surface area contributed by atoms with E-state index in [1.807, 2.05) is 30.3 Å². The molecule has 1 aromatic heterocycles. The molecule has 2 aromatic carbocycles. The number of pyridine rings is 1. The minimum Gasteiger partial charge on any atom is -0.750 e. The highest BCUT2D eigenvalue weighted by atomic mass is 16.5. The van der Waals surface area contributed by atoms with Crippen molar-refractivity contribution in [1.82, 2.24) is 4.98 Å². The second kappa shape index (κ2) is 7.94. The summed E-state index contributed by atoms with van der Waals surface area (Å²) in [6.07, 6.45) is 1.57. The lowest BCUT2D eigenvalue weighted by atomic mass is 10.2. The van der Waals surface area contributed by atoms with Crippen molar-refractivity contribution in [3.63, 3.8) is 0 Å². The Balaban J connectivity index is 1.62. The van der Waals surface area contributed by atoms with Gasteiger partial charge < -0.3 is 20.9 Å². The zero-order valence-electron chi connectivity index (χ0n) is 13.4. The molecular formula is C19H17N4O2-. The number of amides is 2. The summed E-state index contributed by atoms with van der Waals surface area (Å²) in [5, 5.41) is 18.1. The Morgan fingerprint density at radius 2 is 1.68 bits per heavy atom. The molecule has 0 unspecified atom stereocenters. The van der Waals surface area contributed by atoms with E-state index in [-0.39, 0.29) is 5.69 Å². The van der Waals surface area contributed by atoms with E-state index >= 15 is 0 Å². The van der Waals surface area contributed by atoms with E-state index in [0.717, 1.165) is 5.56 Å². The van der Waals surface area contributed by atoms with Gasteiger partial charge in [-0.05, 0) is 23.8 Å². The van der Waals surface area contributed by atoms with E-state index in [4.69, 9.17) is 0 Å². The largest absolute Gasteiger partial charge is 0.750 e. The number of aromatic nitrogens is 1. The van der Waals surface area contributed by atoms with Gasteiger partial charge in [0.25, 0.3) is 0 Å². The van der Waals surface area contributed by atoms with Gasteiger partial charge in [0.15, 0.2) is 0 Å². The van der Waals surface area contributed by atoms with Crippen LogP contribution in [0.1, 0.15) is 5.56 Å². The first kappa shape index (κ1) is 16.5. The highest BCUT2D eigenvalue weighted by Gasteiger charge is 2.07. The fraction of sp³-hybridized carbons (Fsp3) is 0.0526. The molecule has 0 bridgehead atoms. The number of benzene rings is 2. The molecule has 3 aromatic rings. The van der Waals surface area contributed by atoms with Crippen LogP contribution in [0.25, 0.3) is 0 Å². The SMILES string of the molecule is O=C(Nc1ccnc(NCc2ccccc2)c1)N([O-])c1ccccc1. The van der Waals surface area contributed by atoms with E-state index in [1.165, 1.54) is 0 Å². The molecule has 0 fully saturated rings. The fourth-order valence-electron chi connectivity index (χ4n) is 2.25. The lowest BCUT2D eigenvalue weighted by molar-refractivity contribution is 0.258. The van der Waals surface area contributed by atoms with Crippen molar-refractivity contribution in [1.29, 1.82) is 0 Å². The number of para-hydroxylation sites is 1. The lowest BCUT2D eigenvalue weighted by Gasteiger charge is -2.28. The topological polar surface area (TPSA) is 80.3 Å². The van der Waals surface area contributed by atoms with Gasteiger partial charge in [-0.1, -0.05) is 48.5 Å². The number of nitrogens with one attached hydrogen (secondary N) is 2. The molecule has 0 aliphatic rings. The summed E-state index contributed by atoms with van der Waals surface area (Å²) in [4.78, 5) is 16.3. The quantitative estimate of drug-likeness (QED) is 0.685. The Bertz CT molecular complexity index is 825. The molecule has 0 saturated heterocycles. The van der Waals surface area contributed by atoms with Gasteiger partial charge in [-0.15, -0.1) is 0 Å². The molecule has 0 aliphatic heterocycles. The van der Waals surface area contributed by atoms with Crippen LogP contribution in [0.3, 0.4) is 0 Å². The minimum absolute atomic E-state index is 0.275. The summed E-state index contributed by atoms with van der Waals surface area (Å²) in [5.74, 6) is 0.610. The van der Waals surface area contributed by atoms with Crippen molar-refractivity contribution in [3.05, 3.63) is 89.8 Å². The third-order valence-corrected chi connectivity index (χ3v) is 3.50. The standard InChI is InChI=1S/C19H17N4O2/c24-19(23(25)17-9-5-2-6-10-17)22-16-11-12-20-18(13-16)21-14-15-7-3-1-4-8-15/h1-13H,14H2,(H2,20,21,22,24)/q-1. The van der Waals surface area contributed by atoms with E-state index in [2.05, 4.69) is 15.6 Å². The van der Waals surface area contributed by atoms with Gasteiger partial charge in [0.05, 0.1) is 0 Å². The first-order valence-electron chi connectivity index (χ1n) is 7.79. The molecule has 0 radical (unpaired) electrons. The van der Waals surface area contributed by atoms with Crippen molar-refractivity contribution < 1.29 is 4.79 Å². The average molecular weight is 333 g/mol. The van der Waals surface area contributed by atoms with Gasteiger partial charge >= 0.3 is 6.03 Å². The molecule has 3 rings (SSSR count). The number of carbonyl (C=O) groups excluding carboxylic acids is 1. The summed E-state index contributed by atoms with van der Waals surface area (Å²) >= 11 is 0. The number of urea groups is 1. The Hall–Kier alpha value is -3.38. The summed E-state index contributed by atoms with van der Waals surface area (Å²) in [6, 6.07) is 20.8. The van der Waals surface area contributed by atoms with Gasteiger partial charge in [-0.3, -0.25) is 0 Å². The number of hydroxylamine groups is 1. The molecule has 2 N–H and O–H groups in total. The molecule has 6 heteroatoms. The highest BCUT2D eigenvalue weighted by molar-refractivity contribution is 6.02. The summed E-state index contributed by atoms with van der Waals surface area (Å²) in [6.45, 7) is 0.614. The maximum Gasteiger partial charge on any atom is 0.315 e. The molecule has 6 nitrogen and oxygen atoms in total. The predicted molar refractivity (Wildman–Crippen MR) is 99.3 cm³/mol. The minimum atomic E-state index is -0.758. The van der Waals surface area contributed by atoms with E-state index in [1.54, 1.807) is 48.7 Å². The summed E-state index contributed by atoms with van der Waals surface area (Å²) in [7, 11) is 0. The summed E-state index contributed by atoms with van der Waals surface area (Å²) in [5.41, 5.74) is 1.89. The highest BCUT2D eigenvalue weighted by Crippen LogP contribution is 2.16. The maximum atomic E-state index is 12.1. The normalized spacial score (nSPS) is 10.1. The Kier molecular flexibility index (Phi) is 5.23. The van der Waals surface area contributed by atoms with Crippen LogP contribution in [0.5, 0.6) is 0 Å². The Labute approximate surface area is 145 Å². The third kappa shape index (κ3) is 4.55. The van der Waals surface area contributed by atoms with Gasteiger partial charge in [0, 0.05) is 30.2 Å². The van der Waals surface area contributed by atoms with Crippen LogP contribution >= 0.6 is 0 Å². The first-order chi connectivity index (χ1) is 12.2. The van der Waals surface area contributed by atoms with Crippen molar-refractivity contribution in [2.24, 2.45) is 0 Å². The number of anilines is 3. The van der Waals surface area contributed by atoms with Gasteiger partial charge in [0.2, 0.25) is 0 Å². The second-order valence-corrected chi connectivity index (χ2v) is 5.33. The van der Waals surface area contributed by atoms with Crippen LogP contribution in [-0.2, 0) is 6.54 Å². The maximum absolute atomic E-state index is 12.1. The number of carbonyl (C=O) groups is 1. The Morgan fingerprint density at radius 3 is 2.40 bits per heavy atom. The average Bonchev–Trinajstić information content (AvgIpc) is 2.67. The number of hydrogen-bond donors (Lipinski definition) is 2. The van der Waals surface area contributed by atoms with Crippen LogP contribution in [0.2, 0.25) is 0 Å². The summed E-state index contributed by atoms with van der Waals surface area (Å²) < 4.78 is 0.